The lowest BCUT2D eigenvalue weighted by atomic mass is 10.1. The quantitative estimate of drug-likeness (QED) is 0.775. The molecule has 0 radical (unpaired) electrons. The van der Waals surface area contributed by atoms with Gasteiger partial charge in [-0.05, 0) is 37.1 Å². The lowest BCUT2D eigenvalue weighted by molar-refractivity contribution is 0.0696. The number of urea groups is 1. The summed E-state index contributed by atoms with van der Waals surface area (Å²) in [5.74, 6) is -0.988. The number of carbonyl (C=O) groups excluding carboxylic acids is 1. The van der Waals surface area contributed by atoms with Crippen molar-refractivity contribution in [3.8, 4) is 0 Å². The minimum atomic E-state index is -0.988. The summed E-state index contributed by atoms with van der Waals surface area (Å²) in [4.78, 5) is 22.4. The van der Waals surface area contributed by atoms with Crippen molar-refractivity contribution in [3.63, 3.8) is 0 Å². The summed E-state index contributed by atoms with van der Waals surface area (Å²) in [6.45, 7) is 1.33. The number of hydrogen-bond donors (Lipinski definition) is 3. The van der Waals surface area contributed by atoms with Crippen molar-refractivity contribution in [3.05, 3.63) is 29.8 Å². The van der Waals surface area contributed by atoms with E-state index < -0.39 is 5.97 Å². The fourth-order valence-corrected chi connectivity index (χ4v) is 1.89. The maximum absolute atomic E-state index is 11.7. The molecule has 0 aromatic heterocycles. The van der Waals surface area contributed by atoms with Gasteiger partial charge in [-0.25, -0.2) is 9.59 Å². The van der Waals surface area contributed by atoms with E-state index in [9.17, 15) is 9.59 Å². The van der Waals surface area contributed by atoms with E-state index in [0.29, 0.717) is 18.9 Å². The average molecular weight is 264 g/mol. The molecule has 1 aliphatic rings. The van der Waals surface area contributed by atoms with Gasteiger partial charge in [0.15, 0.2) is 0 Å². The fourth-order valence-electron chi connectivity index (χ4n) is 1.89. The molecule has 2 amide bonds. The van der Waals surface area contributed by atoms with Gasteiger partial charge in [-0.1, -0.05) is 0 Å². The third kappa shape index (κ3) is 3.96. The third-order valence-corrected chi connectivity index (χ3v) is 2.95. The first-order valence-corrected chi connectivity index (χ1v) is 6.14. The maximum atomic E-state index is 11.7. The number of benzene rings is 1. The topological polar surface area (TPSA) is 87.7 Å². The molecular formula is C13H16N2O4. The molecule has 0 aliphatic carbocycles. The van der Waals surface area contributed by atoms with Crippen LogP contribution < -0.4 is 10.6 Å². The van der Waals surface area contributed by atoms with Crippen LogP contribution in [0.3, 0.4) is 0 Å². The number of hydrogen-bond acceptors (Lipinski definition) is 3. The number of carboxylic acids is 1. The van der Waals surface area contributed by atoms with Gasteiger partial charge in [0.25, 0.3) is 0 Å². The van der Waals surface area contributed by atoms with Crippen molar-refractivity contribution in [2.45, 2.75) is 18.9 Å². The van der Waals surface area contributed by atoms with Gasteiger partial charge < -0.3 is 20.5 Å². The van der Waals surface area contributed by atoms with Crippen LogP contribution in [0.15, 0.2) is 24.3 Å². The zero-order chi connectivity index (χ0) is 13.7. The molecule has 1 fully saturated rings. The Kier molecular flexibility index (Phi) is 4.35. The highest BCUT2D eigenvalue weighted by atomic mass is 16.5. The molecular weight excluding hydrogens is 248 g/mol. The summed E-state index contributed by atoms with van der Waals surface area (Å²) in [6.07, 6.45) is 1.62. The SMILES string of the molecule is O=C(Nc1ccc(C(=O)O)cc1)NC1CCOCC1. The normalized spacial score (nSPS) is 15.8. The molecule has 1 aromatic rings. The molecule has 0 saturated carbocycles. The second-order valence-electron chi connectivity index (χ2n) is 4.37. The molecule has 0 bridgehead atoms. The first-order valence-electron chi connectivity index (χ1n) is 6.14. The van der Waals surface area contributed by atoms with Crippen LogP contribution >= 0.6 is 0 Å². The second kappa shape index (κ2) is 6.19. The molecule has 1 aromatic carbocycles. The van der Waals surface area contributed by atoms with Crippen LogP contribution in [0.25, 0.3) is 0 Å². The molecule has 2 rings (SSSR count). The Morgan fingerprint density at radius 2 is 1.79 bits per heavy atom. The molecule has 6 heteroatoms. The van der Waals surface area contributed by atoms with E-state index in [2.05, 4.69) is 10.6 Å². The molecule has 1 heterocycles. The Balaban J connectivity index is 1.85. The van der Waals surface area contributed by atoms with Gasteiger partial charge in [0.2, 0.25) is 0 Å². The number of ether oxygens (including phenoxy) is 1. The molecule has 6 nitrogen and oxygen atoms in total. The first kappa shape index (κ1) is 13.4. The van der Waals surface area contributed by atoms with Crippen LogP contribution in [0, 0.1) is 0 Å². The Hall–Kier alpha value is -2.08. The zero-order valence-corrected chi connectivity index (χ0v) is 10.4. The Morgan fingerprint density at radius 1 is 1.16 bits per heavy atom. The highest BCUT2D eigenvalue weighted by Gasteiger charge is 2.15. The number of rotatable bonds is 3. The Bertz CT molecular complexity index is 452. The smallest absolute Gasteiger partial charge is 0.335 e. The number of carboxylic acid groups (broad SMARTS) is 1. The maximum Gasteiger partial charge on any atom is 0.335 e. The van der Waals surface area contributed by atoms with E-state index in [1.165, 1.54) is 12.1 Å². The summed E-state index contributed by atoms with van der Waals surface area (Å²) in [5, 5.41) is 14.3. The van der Waals surface area contributed by atoms with Crippen LogP contribution in [-0.2, 0) is 4.74 Å². The van der Waals surface area contributed by atoms with E-state index in [1.54, 1.807) is 12.1 Å². The van der Waals surface area contributed by atoms with Crippen LogP contribution in [0.1, 0.15) is 23.2 Å². The first-order chi connectivity index (χ1) is 9.15. The largest absolute Gasteiger partial charge is 0.478 e. The van der Waals surface area contributed by atoms with Crippen molar-refractivity contribution in [2.24, 2.45) is 0 Å². The van der Waals surface area contributed by atoms with Crippen molar-refractivity contribution < 1.29 is 19.4 Å². The van der Waals surface area contributed by atoms with Gasteiger partial charge in [-0.15, -0.1) is 0 Å². The highest BCUT2D eigenvalue weighted by molar-refractivity contribution is 5.91. The molecule has 0 spiro atoms. The minimum absolute atomic E-state index is 0.132. The monoisotopic (exact) mass is 264 g/mol. The fraction of sp³-hybridized carbons (Fsp3) is 0.385. The van der Waals surface area contributed by atoms with Crippen LogP contribution in [0.4, 0.5) is 10.5 Å². The summed E-state index contributed by atoms with van der Waals surface area (Å²) in [5.41, 5.74) is 0.755. The number of nitrogens with one attached hydrogen (secondary N) is 2. The average Bonchev–Trinajstić information content (AvgIpc) is 2.40. The van der Waals surface area contributed by atoms with Gasteiger partial charge in [-0.2, -0.15) is 0 Å². The Labute approximate surface area is 110 Å². The van der Waals surface area contributed by atoms with Gasteiger partial charge in [0.05, 0.1) is 5.56 Å². The summed E-state index contributed by atoms with van der Waals surface area (Å²) < 4.78 is 5.21. The summed E-state index contributed by atoms with van der Waals surface area (Å²) in [7, 11) is 0. The molecule has 19 heavy (non-hydrogen) atoms. The predicted molar refractivity (Wildman–Crippen MR) is 69.4 cm³/mol. The molecule has 3 N–H and O–H groups in total. The molecule has 1 saturated heterocycles. The van der Waals surface area contributed by atoms with E-state index in [4.69, 9.17) is 9.84 Å². The summed E-state index contributed by atoms with van der Waals surface area (Å²) in [6, 6.07) is 5.88. The van der Waals surface area contributed by atoms with Crippen molar-refractivity contribution in [2.75, 3.05) is 18.5 Å². The van der Waals surface area contributed by atoms with Gasteiger partial charge in [0, 0.05) is 24.9 Å². The highest BCUT2D eigenvalue weighted by Crippen LogP contribution is 2.10. The molecule has 102 valence electrons. The second-order valence-corrected chi connectivity index (χ2v) is 4.37. The lowest BCUT2D eigenvalue weighted by Crippen LogP contribution is -2.41. The van der Waals surface area contributed by atoms with Gasteiger partial charge in [0.1, 0.15) is 0 Å². The Morgan fingerprint density at radius 3 is 2.37 bits per heavy atom. The molecule has 0 atom stereocenters. The van der Waals surface area contributed by atoms with E-state index in [0.717, 1.165) is 12.8 Å². The lowest BCUT2D eigenvalue weighted by Gasteiger charge is -2.23. The number of aromatic carboxylic acids is 1. The van der Waals surface area contributed by atoms with Crippen molar-refractivity contribution >= 4 is 17.7 Å². The van der Waals surface area contributed by atoms with E-state index >= 15 is 0 Å². The van der Waals surface area contributed by atoms with Crippen molar-refractivity contribution in [1.82, 2.24) is 5.32 Å². The van der Waals surface area contributed by atoms with Crippen LogP contribution in [0.5, 0.6) is 0 Å². The van der Waals surface area contributed by atoms with Gasteiger partial charge >= 0.3 is 12.0 Å². The van der Waals surface area contributed by atoms with Gasteiger partial charge in [-0.3, -0.25) is 0 Å². The van der Waals surface area contributed by atoms with Crippen molar-refractivity contribution in [1.29, 1.82) is 0 Å². The number of anilines is 1. The molecule has 0 unspecified atom stereocenters. The predicted octanol–water partition coefficient (Wildman–Crippen LogP) is 1.69. The van der Waals surface area contributed by atoms with E-state index in [-0.39, 0.29) is 17.6 Å². The molecule has 1 aliphatic heterocycles. The summed E-state index contributed by atoms with van der Waals surface area (Å²) >= 11 is 0. The standard InChI is InChI=1S/C13H16N2O4/c16-12(17)9-1-3-10(4-2-9)14-13(18)15-11-5-7-19-8-6-11/h1-4,11H,5-8H2,(H,16,17)(H2,14,15,18). The number of amides is 2. The number of carbonyl (C=O) groups is 2. The zero-order valence-electron chi connectivity index (χ0n) is 10.4. The van der Waals surface area contributed by atoms with E-state index in [1.807, 2.05) is 0 Å². The van der Waals surface area contributed by atoms with Crippen LogP contribution in [-0.4, -0.2) is 36.4 Å². The third-order valence-electron chi connectivity index (χ3n) is 2.95. The minimum Gasteiger partial charge on any atom is -0.478 e. The van der Waals surface area contributed by atoms with Crippen LogP contribution in [0.2, 0.25) is 0 Å².